The third-order valence-electron chi connectivity index (χ3n) is 7.09. The lowest BCUT2D eigenvalue weighted by atomic mass is 9.95. The van der Waals surface area contributed by atoms with Gasteiger partial charge in [0.15, 0.2) is 15.3 Å². The van der Waals surface area contributed by atoms with E-state index < -0.39 is 33.1 Å². The van der Waals surface area contributed by atoms with Gasteiger partial charge in [0.05, 0.1) is 35.6 Å². The fraction of sp³-hybridized carbons (Fsp3) is 0.385. The lowest BCUT2D eigenvalue weighted by Gasteiger charge is -2.34. The van der Waals surface area contributed by atoms with Crippen LogP contribution in [0.2, 0.25) is 0 Å². The lowest BCUT2D eigenvalue weighted by molar-refractivity contribution is -0.137. The summed E-state index contributed by atoms with van der Waals surface area (Å²) in [5, 5.41) is 4.64. The summed E-state index contributed by atoms with van der Waals surface area (Å²) in [4.78, 5) is 15.2. The molecule has 11 heteroatoms. The molecular weight excluding hydrogens is 505 g/mol. The van der Waals surface area contributed by atoms with Crippen LogP contribution in [0.3, 0.4) is 0 Å². The third-order valence-corrected chi connectivity index (χ3v) is 8.95. The van der Waals surface area contributed by atoms with Gasteiger partial charge in [-0.25, -0.2) is 4.68 Å². The van der Waals surface area contributed by atoms with Crippen molar-refractivity contribution in [2.24, 2.45) is 5.92 Å². The molecule has 0 bridgehead atoms. The van der Waals surface area contributed by atoms with Crippen molar-refractivity contribution >= 4 is 16.3 Å². The van der Waals surface area contributed by atoms with Crippen LogP contribution in [0.5, 0.6) is 0 Å². The molecule has 0 spiro atoms. The van der Waals surface area contributed by atoms with E-state index in [2.05, 4.69) is 5.10 Å². The number of rotatable bonds is 5. The van der Waals surface area contributed by atoms with Crippen LogP contribution in [0.25, 0.3) is 5.69 Å². The number of para-hydroxylation sites is 1. The first-order valence-electron chi connectivity index (χ1n) is 12.1. The van der Waals surface area contributed by atoms with Gasteiger partial charge in [-0.05, 0) is 43.5 Å². The first-order chi connectivity index (χ1) is 17.4. The van der Waals surface area contributed by atoms with E-state index in [9.17, 15) is 26.7 Å². The van der Waals surface area contributed by atoms with Crippen molar-refractivity contribution < 1.29 is 26.7 Å². The number of aryl methyl sites for hydroxylation is 1. The van der Waals surface area contributed by atoms with E-state index in [1.165, 1.54) is 10.4 Å². The zero-order chi connectivity index (χ0) is 26.7. The highest BCUT2D eigenvalue weighted by Crippen LogP contribution is 2.44. The van der Waals surface area contributed by atoms with Crippen LogP contribution in [0.1, 0.15) is 53.6 Å². The predicted octanol–water partition coefficient (Wildman–Crippen LogP) is 5.03. The molecule has 1 aromatic heterocycles. The molecule has 5 rings (SSSR count). The Morgan fingerprint density at radius 2 is 1.81 bits per heavy atom. The Morgan fingerprint density at radius 1 is 1.11 bits per heavy atom. The second kappa shape index (κ2) is 9.07. The van der Waals surface area contributed by atoms with Gasteiger partial charge in [-0.1, -0.05) is 42.3 Å². The zero-order valence-electron chi connectivity index (χ0n) is 20.6. The molecular formula is C26H27F3N4O3S. The fourth-order valence-electron chi connectivity index (χ4n) is 5.43. The Labute approximate surface area is 214 Å². The van der Waals surface area contributed by atoms with E-state index in [4.69, 9.17) is 0 Å². The molecule has 0 aliphatic carbocycles. The highest BCUT2D eigenvalue weighted by Gasteiger charge is 2.50. The number of amides is 1. The number of alkyl halides is 3. The van der Waals surface area contributed by atoms with Gasteiger partial charge in [0.1, 0.15) is 5.69 Å². The maximum Gasteiger partial charge on any atom is 0.416 e. The number of aromatic nitrogens is 2. The molecule has 7 nitrogen and oxygen atoms in total. The molecule has 37 heavy (non-hydrogen) atoms. The first-order valence-corrected chi connectivity index (χ1v) is 13.5. The average molecular weight is 533 g/mol. The van der Waals surface area contributed by atoms with Crippen LogP contribution in [0.15, 0.2) is 59.5 Å². The van der Waals surface area contributed by atoms with Gasteiger partial charge >= 0.3 is 6.18 Å². The standard InChI is InChI=1S/C26H27F3N4O3S/c1-16(2)23-22-17(3)30-33(19-9-5-4-6-10-19)24(22)25(34)32(23)20-12-13-31(15-20)37(35,36)21-11-7-8-18(14-21)26(27,28)29/h4-11,14,16,20,23H,12-13,15H2,1-3H3. The van der Waals surface area contributed by atoms with Crippen LogP contribution < -0.4 is 0 Å². The minimum absolute atomic E-state index is 0.00955. The second-order valence-electron chi connectivity index (χ2n) is 9.83. The molecule has 2 aliphatic rings. The molecule has 1 fully saturated rings. The van der Waals surface area contributed by atoms with Crippen molar-refractivity contribution in [1.82, 2.24) is 19.0 Å². The van der Waals surface area contributed by atoms with Crippen molar-refractivity contribution in [1.29, 1.82) is 0 Å². The summed E-state index contributed by atoms with van der Waals surface area (Å²) in [6.07, 6.45) is -4.27. The molecule has 3 heterocycles. The van der Waals surface area contributed by atoms with Gasteiger partial charge in [0.25, 0.3) is 5.91 Å². The predicted molar refractivity (Wildman–Crippen MR) is 131 cm³/mol. The van der Waals surface area contributed by atoms with Crippen LogP contribution in [0, 0.1) is 12.8 Å². The number of carbonyl (C=O) groups is 1. The minimum atomic E-state index is -4.65. The maximum atomic E-state index is 13.9. The van der Waals surface area contributed by atoms with E-state index in [1.807, 2.05) is 51.1 Å². The number of carbonyl (C=O) groups excluding carboxylic acids is 1. The van der Waals surface area contributed by atoms with Crippen molar-refractivity contribution in [2.75, 3.05) is 13.1 Å². The molecule has 2 aliphatic heterocycles. The monoisotopic (exact) mass is 532 g/mol. The second-order valence-corrected chi connectivity index (χ2v) is 11.8. The molecule has 196 valence electrons. The van der Waals surface area contributed by atoms with Crippen LogP contribution in [-0.4, -0.2) is 48.6 Å². The Balaban J connectivity index is 1.46. The summed E-state index contributed by atoms with van der Waals surface area (Å²) in [6.45, 7) is 5.99. The number of hydrogen-bond donors (Lipinski definition) is 0. The highest BCUT2D eigenvalue weighted by atomic mass is 32.3. The van der Waals surface area contributed by atoms with Crippen molar-refractivity contribution in [2.45, 2.75) is 50.3 Å². The van der Waals surface area contributed by atoms with Crippen molar-refractivity contribution in [3.05, 3.63) is 77.1 Å². The van der Waals surface area contributed by atoms with E-state index in [0.717, 1.165) is 29.1 Å². The van der Waals surface area contributed by atoms with E-state index in [1.54, 1.807) is 9.58 Å². The molecule has 0 radical (unpaired) electrons. The van der Waals surface area contributed by atoms with Gasteiger partial charge in [0, 0.05) is 18.2 Å². The molecule has 2 aromatic carbocycles. The minimum Gasteiger partial charge on any atom is -0.593 e. The lowest BCUT2D eigenvalue weighted by Crippen LogP contribution is -2.44. The largest absolute Gasteiger partial charge is 0.593 e. The van der Waals surface area contributed by atoms with Crippen molar-refractivity contribution in [3.63, 3.8) is 0 Å². The van der Waals surface area contributed by atoms with Crippen LogP contribution in [-0.2, 0) is 20.8 Å². The fourth-order valence-corrected chi connectivity index (χ4v) is 6.97. The first kappa shape index (κ1) is 25.6. The summed E-state index contributed by atoms with van der Waals surface area (Å²) in [5.41, 5.74) is 1.78. The van der Waals surface area contributed by atoms with Crippen LogP contribution >= 0.6 is 0 Å². The maximum absolute atomic E-state index is 13.9. The molecule has 0 saturated carbocycles. The Kier molecular flexibility index (Phi) is 6.28. The molecule has 1 saturated heterocycles. The Hall–Kier alpha value is -3.02. The Bertz CT molecular complexity index is 1390. The van der Waals surface area contributed by atoms with Gasteiger partial charge in [-0.15, -0.1) is 4.31 Å². The summed E-state index contributed by atoms with van der Waals surface area (Å²) in [6, 6.07) is 12.4. The zero-order valence-corrected chi connectivity index (χ0v) is 21.4. The van der Waals surface area contributed by atoms with Gasteiger partial charge < -0.3 is 9.45 Å². The molecule has 1 amide bonds. The van der Waals surface area contributed by atoms with Gasteiger partial charge in [-0.3, -0.25) is 4.79 Å². The average Bonchev–Trinajstić information content (AvgIpc) is 3.54. The number of sulfonamides is 1. The topological polar surface area (TPSA) is 81.5 Å². The number of nitrogens with zero attached hydrogens (tertiary/aromatic N) is 4. The SMILES string of the molecule is Cc1nn(-c2ccccc2)c2c1C(C(C)C)N(C1CCN([S+](=O)([O-])c3cccc(C(F)(F)F)c3)C1)C2=O. The molecule has 0 N–H and O–H groups in total. The van der Waals surface area contributed by atoms with Crippen LogP contribution in [0.4, 0.5) is 13.2 Å². The van der Waals surface area contributed by atoms with Gasteiger partial charge in [-0.2, -0.15) is 18.3 Å². The third kappa shape index (κ3) is 4.28. The molecule has 3 aromatic rings. The number of halogens is 3. The van der Waals surface area contributed by atoms with E-state index in [-0.39, 0.29) is 31.0 Å². The van der Waals surface area contributed by atoms with E-state index in [0.29, 0.717) is 18.2 Å². The smallest absolute Gasteiger partial charge is 0.416 e. The van der Waals surface area contributed by atoms with Crippen molar-refractivity contribution in [3.8, 4) is 5.69 Å². The molecule has 3 atom stereocenters. The normalized spacial score (nSPS) is 22.1. The highest BCUT2D eigenvalue weighted by molar-refractivity contribution is 7.95. The van der Waals surface area contributed by atoms with E-state index >= 15 is 0 Å². The summed E-state index contributed by atoms with van der Waals surface area (Å²) in [7, 11) is -4.17. The number of benzene rings is 2. The number of hydrogen-bond acceptors (Lipinski definition) is 4. The Morgan fingerprint density at radius 3 is 2.46 bits per heavy atom. The number of fused-ring (bicyclic) bond motifs is 1. The quantitative estimate of drug-likeness (QED) is 0.432. The summed E-state index contributed by atoms with van der Waals surface area (Å²) >= 11 is 0. The summed E-state index contributed by atoms with van der Waals surface area (Å²) in [5.74, 6) is -0.187. The van der Waals surface area contributed by atoms with Gasteiger partial charge in [0.2, 0.25) is 0 Å². The summed E-state index contributed by atoms with van der Waals surface area (Å²) < 4.78 is 68.9. The molecule has 3 unspecified atom stereocenters.